The highest BCUT2D eigenvalue weighted by Crippen LogP contribution is 2.30. The lowest BCUT2D eigenvalue weighted by atomic mass is 10.0. The Morgan fingerprint density at radius 2 is 2.05 bits per heavy atom. The van der Waals surface area contributed by atoms with Gasteiger partial charge in [-0.05, 0) is 26.3 Å². The summed E-state index contributed by atoms with van der Waals surface area (Å²) in [5, 5.41) is 4.36. The highest BCUT2D eigenvalue weighted by molar-refractivity contribution is 5.82. The zero-order valence-electron chi connectivity index (χ0n) is 12.4. The Morgan fingerprint density at radius 3 is 2.70 bits per heavy atom. The number of ether oxygens (including phenoxy) is 1. The molecule has 2 rings (SSSR count). The number of benzene rings is 1. The second kappa shape index (κ2) is 6.09. The fraction of sp³-hybridized carbons (Fsp3) is 0.438. The van der Waals surface area contributed by atoms with Crippen molar-refractivity contribution in [1.29, 1.82) is 0 Å². The van der Waals surface area contributed by atoms with Crippen molar-refractivity contribution in [2.24, 2.45) is 0 Å². The molecule has 2 atom stereocenters. The van der Waals surface area contributed by atoms with Crippen LogP contribution >= 0.6 is 0 Å². The number of rotatable bonds is 5. The van der Waals surface area contributed by atoms with Gasteiger partial charge in [-0.25, -0.2) is 0 Å². The maximum atomic E-state index is 11.5. The summed E-state index contributed by atoms with van der Waals surface area (Å²) in [5.41, 5.74) is 2.08. The van der Waals surface area contributed by atoms with Crippen molar-refractivity contribution in [3.8, 4) is 0 Å². The van der Waals surface area contributed by atoms with E-state index in [4.69, 9.17) is 9.15 Å². The summed E-state index contributed by atoms with van der Waals surface area (Å²) < 4.78 is 10.7. The Morgan fingerprint density at radius 1 is 1.35 bits per heavy atom. The first kappa shape index (κ1) is 14.6. The van der Waals surface area contributed by atoms with Gasteiger partial charge in [-0.1, -0.05) is 25.1 Å². The molecular weight excluding hydrogens is 254 g/mol. The second-order valence-corrected chi connectivity index (χ2v) is 4.93. The van der Waals surface area contributed by atoms with Crippen LogP contribution in [0.1, 0.15) is 38.1 Å². The molecule has 0 aliphatic heterocycles. The van der Waals surface area contributed by atoms with Gasteiger partial charge in [0.15, 0.2) is 0 Å². The first-order valence-electron chi connectivity index (χ1n) is 6.92. The van der Waals surface area contributed by atoms with Gasteiger partial charge in [0, 0.05) is 10.9 Å². The van der Waals surface area contributed by atoms with E-state index >= 15 is 0 Å². The molecule has 4 nitrogen and oxygen atoms in total. The summed E-state index contributed by atoms with van der Waals surface area (Å²) >= 11 is 0. The third-order valence-electron chi connectivity index (χ3n) is 3.53. The van der Waals surface area contributed by atoms with E-state index in [1.807, 2.05) is 25.1 Å². The summed E-state index contributed by atoms with van der Waals surface area (Å²) in [6, 6.07) is 7.59. The molecule has 1 aromatic carbocycles. The summed E-state index contributed by atoms with van der Waals surface area (Å²) in [6.07, 6.45) is 0.894. The van der Waals surface area contributed by atoms with Gasteiger partial charge in [-0.2, -0.15) is 0 Å². The zero-order valence-corrected chi connectivity index (χ0v) is 12.4. The van der Waals surface area contributed by atoms with Gasteiger partial charge in [0.1, 0.15) is 17.4 Å². The van der Waals surface area contributed by atoms with Crippen LogP contribution in [0.3, 0.4) is 0 Å². The lowest BCUT2D eigenvalue weighted by molar-refractivity contribution is -0.142. The largest absolute Gasteiger partial charge is 0.468 e. The molecule has 0 radical (unpaired) electrons. The van der Waals surface area contributed by atoms with Crippen LogP contribution in [-0.4, -0.2) is 19.1 Å². The van der Waals surface area contributed by atoms with Gasteiger partial charge in [0.05, 0.1) is 13.2 Å². The van der Waals surface area contributed by atoms with Crippen LogP contribution in [0.5, 0.6) is 0 Å². The molecular formula is C16H21NO3. The van der Waals surface area contributed by atoms with Crippen LogP contribution in [0.25, 0.3) is 11.0 Å². The number of para-hydroxylation sites is 1. The minimum Gasteiger partial charge on any atom is -0.468 e. The zero-order chi connectivity index (χ0) is 14.7. The van der Waals surface area contributed by atoms with Crippen LogP contribution in [0.2, 0.25) is 0 Å². The minimum atomic E-state index is -0.368. The highest BCUT2D eigenvalue weighted by Gasteiger charge is 2.22. The first-order valence-corrected chi connectivity index (χ1v) is 6.92. The number of hydrogen-bond donors (Lipinski definition) is 1. The normalized spacial score (nSPS) is 14.2. The third-order valence-corrected chi connectivity index (χ3v) is 3.53. The van der Waals surface area contributed by atoms with Gasteiger partial charge >= 0.3 is 5.97 Å². The number of furan rings is 1. The molecule has 0 fully saturated rings. The van der Waals surface area contributed by atoms with Crippen LogP contribution in [-0.2, 0) is 16.0 Å². The molecule has 0 aliphatic rings. The summed E-state index contributed by atoms with van der Waals surface area (Å²) in [4.78, 5) is 11.5. The molecule has 4 heteroatoms. The highest BCUT2D eigenvalue weighted by atomic mass is 16.5. The predicted molar refractivity (Wildman–Crippen MR) is 78.6 cm³/mol. The monoisotopic (exact) mass is 275 g/mol. The minimum absolute atomic E-state index is 0.0496. The molecule has 0 amide bonds. The molecule has 1 heterocycles. The summed E-state index contributed by atoms with van der Waals surface area (Å²) in [6.45, 7) is 5.89. The van der Waals surface area contributed by atoms with E-state index in [9.17, 15) is 4.79 Å². The molecule has 0 saturated heterocycles. The fourth-order valence-corrected chi connectivity index (χ4v) is 2.53. The fourth-order valence-electron chi connectivity index (χ4n) is 2.53. The average molecular weight is 275 g/mol. The van der Waals surface area contributed by atoms with Crippen molar-refractivity contribution >= 4 is 16.9 Å². The molecule has 0 saturated carbocycles. The molecule has 2 aromatic rings. The molecule has 0 bridgehead atoms. The van der Waals surface area contributed by atoms with Crippen molar-refractivity contribution in [2.75, 3.05) is 7.11 Å². The number of methoxy groups -OCH3 is 1. The van der Waals surface area contributed by atoms with Gasteiger partial charge in [-0.3, -0.25) is 10.1 Å². The van der Waals surface area contributed by atoms with Gasteiger partial charge in [-0.15, -0.1) is 0 Å². The number of nitrogens with one attached hydrogen (secondary N) is 1. The van der Waals surface area contributed by atoms with Gasteiger partial charge in [0.25, 0.3) is 0 Å². The number of fused-ring (bicyclic) bond motifs is 1. The standard InChI is InChI=1S/C16H21NO3/c1-5-12-13-8-6-7-9-14(13)20-15(12)10(2)17-11(3)16(18)19-4/h6-11,17H,5H2,1-4H3/t10?,11-/m0/s1. The van der Waals surface area contributed by atoms with Crippen molar-refractivity contribution in [2.45, 2.75) is 39.3 Å². The number of esters is 1. The number of hydrogen-bond acceptors (Lipinski definition) is 4. The van der Waals surface area contributed by atoms with Crippen molar-refractivity contribution in [1.82, 2.24) is 5.32 Å². The van der Waals surface area contributed by atoms with E-state index in [0.29, 0.717) is 0 Å². The Balaban J connectivity index is 2.30. The SMILES string of the molecule is CCc1c(C(C)N[C@@H](C)C(=O)OC)oc2ccccc12. The smallest absolute Gasteiger partial charge is 0.322 e. The van der Waals surface area contributed by atoms with Crippen LogP contribution in [0.15, 0.2) is 28.7 Å². The lowest BCUT2D eigenvalue weighted by Crippen LogP contribution is -2.36. The van der Waals surface area contributed by atoms with E-state index in [1.165, 1.54) is 12.7 Å². The van der Waals surface area contributed by atoms with Crippen molar-refractivity contribution < 1.29 is 13.9 Å². The first-order chi connectivity index (χ1) is 9.58. The Bertz CT molecular complexity index is 603. The quantitative estimate of drug-likeness (QED) is 0.851. The molecule has 0 spiro atoms. The van der Waals surface area contributed by atoms with Crippen molar-refractivity contribution in [3.63, 3.8) is 0 Å². The molecule has 1 N–H and O–H groups in total. The second-order valence-electron chi connectivity index (χ2n) is 4.93. The van der Waals surface area contributed by atoms with E-state index < -0.39 is 0 Å². The topological polar surface area (TPSA) is 51.5 Å². The van der Waals surface area contributed by atoms with E-state index in [-0.39, 0.29) is 18.1 Å². The van der Waals surface area contributed by atoms with Gasteiger partial charge < -0.3 is 9.15 Å². The molecule has 108 valence electrons. The Kier molecular flexibility index (Phi) is 4.45. The number of carbonyl (C=O) groups is 1. The predicted octanol–water partition coefficient (Wildman–Crippen LogP) is 3.21. The maximum Gasteiger partial charge on any atom is 0.322 e. The lowest BCUT2D eigenvalue weighted by Gasteiger charge is -2.17. The van der Waals surface area contributed by atoms with E-state index in [1.54, 1.807) is 6.92 Å². The van der Waals surface area contributed by atoms with Crippen LogP contribution in [0.4, 0.5) is 0 Å². The molecule has 1 aromatic heterocycles. The van der Waals surface area contributed by atoms with Crippen LogP contribution < -0.4 is 5.32 Å². The van der Waals surface area contributed by atoms with E-state index in [0.717, 1.165) is 23.2 Å². The van der Waals surface area contributed by atoms with Crippen molar-refractivity contribution in [3.05, 3.63) is 35.6 Å². The molecule has 0 aliphatic carbocycles. The molecule has 20 heavy (non-hydrogen) atoms. The van der Waals surface area contributed by atoms with Gasteiger partial charge in [0.2, 0.25) is 0 Å². The Labute approximate surface area is 119 Å². The Hall–Kier alpha value is -1.81. The molecule has 1 unspecified atom stereocenters. The summed E-state index contributed by atoms with van der Waals surface area (Å²) in [5.74, 6) is 0.621. The maximum absolute atomic E-state index is 11.5. The summed E-state index contributed by atoms with van der Waals surface area (Å²) in [7, 11) is 1.39. The van der Waals surface area contributed by atoms with E-state index in [2.05, 4.69) is 18.3 Å². The number of aryl methyl sites for hydroxylation is 1. The van der Waals surface area contributed by atoms with Crippen LogP contribution in [0, 0.1) is 0 Å². The third kappa shape index (κ3) is 2.70. The average Bonchev–Trinajstić information content (AvgIpc) is 2.84. The number of carbonyl (C=O) groups excluding carboxylic acids is 1.